The van der Waals surface area contributed by atoms with Crippen molar-refractivity contribution in [3.63, 3.8) is 0 Å². The Bertz CT molecular complexity index is 446. The van der Waals surface area contributed by atoms with E-state index in [0.717, 1.165) is 5.56 Å². The van der Waals surface area contributed by atoms with Gasteiger partial charge in [-0.3, -0.25) is 4.79 Å². The molecule has 0 saturated carbocycles. The van der Waals surface area contributed by atoms with Crippen molar-refractivity contribution in [1.82, 2.24) is 0 Å². The van der Waals surface area contributed by atoms with Gasteiger partial charge in [0.25, 0.3) is 0 Å². The molecule has 0 aromatic heterocycles. The van der Waals surface area contributed by atoms with Crippen LogP contribution < -0.4 is 4.74 Å². The Morgan fingerprint density at radius 1 is 1.65 bits per heavy atom. The van der Waals surface area contributed by atoms with Gasteiger partial charge in [-0.1, -0.05) is 6.92 Å². The van der Waals surface area contributed by atoms with Crippen molar-refractivity contribution < 1.29 is 19.0 Å². The van der Waals surface area contributed by atoms with Crippen molar-refractivity contribution >= 4 is 21.9 Å². The number of carboxylic acids is 1. The lowest BCUT2D eigenvalue weighted by Gasteiger charge is -2.15. The molecule has 0 aliphatic heterocycles. The number of benzene rings is 1. The molecule has 3 nitrogen and oxygen atoms in total. The molecule has 0 heterocycles. The highest BCUT2D eigenvalue weighted by Gasteiger charge is 2.21. The highest BCUT2D eigenvalue weighted by Crippen LogP contribution is 2.33. The summed E-state index contributed by atoms with van der Waals surface area (Å²) in [7, 11) is 1.45. The molecular formula is C12H14BrFO3. The van der Waals surface area contributed by atoms with Gasteiger partial charge in [0.15, 0.2) is 0 Å². The molecule has 0 fully saturated rings. The molecule has 0 amide bonds. The second-order valence-corrected chi connectivity index (χ2v) is 4.80. The van der Waals surface area contributed by atoms with Crippen molar-refractivity contribution in [1.29, 1.82) is 0 Å². The molecule has 17 heavy (non-hydrogen) atoms. The topological polar surface area (TPSA) is 46.5 Å². The molecule has 0 saturated heterocycles. The Kier molecular flexibility index (Phi) is 4.51. The van der Waals surface area contributed by atoms with E-state index in [1.807, 2.05) is 0 Å². The lowest BCUT2D eigenvalue weighted by molar-refractivity contribution is -0.141. The number of methoxy groups -OCH3 is 1. The van der Waals surface area contributed by atoms with Gasteiger partial charge in [-0.2, -0.15) is 0 Å². The van der Waals surface area contributed by atoms with Crippen LogP contribution in [0.1, 0.15) is 18.1 Å². The van der Waals surface area contributed by atoms with Crippen molar-refractivity contribution in [2.24, 2.45) is 5.92 Å². The first-order valence-corrected chi connectivity index (χ1v) is 5.92. The summed E-state index contributed by atoms with van der Waals surface area (Å²) in [5.41, 5.74) is 1.07. The van der Waals surface area contributed by atoms with Crippen molar-refractivity contribution in [2.45, 2.75) is 20.3 Å². The summed E-state index contributed by atoms with van der Waals surface area (Å²) in [4.78, 5) is 10.8. The molecule has 0 aliphatic rings. The Hall–Kier alpha value is -1.10. The van der Waals surface area contributed by atoms with Crippen LogP contribution in [-0.2, 0) is 11.2 Å². The first-order valence-electron chi connectivity index (χ1n) is 5.12. The minimum Gasteiger partial charge on any atom is -0.496 e. The predicted molar refractivity (Wildman–Crippen MR) is 65.9 cm³/mol. The molecule has 1 unspecified atom stereocenters. The third-order valence-electron chi connectivity index (χ3n) is 2.59. The summed E-state index contributed by atoms with van der Waals surface area (Å²) in [5, 5.41) is 8.86. The Morgan fingerprint density at radius 2 is 2.24 bits per heavy atom. The second-order valence-electron chi connectivity index (χ2n) is 3.94. The minimum atomic E-state index is -0.955. The predicted octanol–water partition coefficient (Wildman–Crippen LogP) is 3.17. The number of halogens is 2. The van der Waals surface area contributed by atoms with E-state index in [9.17, 15) is 9.18 Å². The van der Waals surface area contributed by atoms with Crippen LogP contribution in [0.2, 0.25) is 0 Å². The molecule has 1 aromatic rings. The molecule has 94 valence electrons. The summed E-state index contributed by atoms with van der Waals surface area (Å²) >= 11 is 3.11. The van der Waals surface area contributed by atoms with Gasteiger partial charge in [0.1, 0.15) is 11.6 Å². The van der Waals surface area contributed by atoms with Crippen LogP contribution in [0, 0.1) is 18.7 Å². The van der Waals surface area contributed by atoms with E-state index in [1.54, 1.807) is 13.0 Å². The summed E-state index contributed by atoms with van der Waals surface area (Å²) < 4.78 is 19.4. The summed E-state index contributed by atoms with van der Waals surface area (Å²) in [6, 6.07) is 1.61. The number of aryl methyl sites for hydroxylation is 1. The molecule has 0 aliphatic carbocycles. The third-order valence-corrected chi connectivity index (χ3v) is 3.16. The molecule has 1 N–H and O–H groups in total. The summed E-state index contributed by atoms with van der Waals surface area (Å²) in [6.45, 7) is 3.33. The number of carbonyl (C=O) groups is 1. The maximum absolute atomic E-state index is 13.9. The lowest BCUT2D eigenvalue weighted by atomic mass is 9.98. The van der Waals surface area contributed by atoms with E-state index in [-0.39, 0.29) is 6.42 Å². The lowest BCUT2D eigenvalue weighted by Crippen LogP contribution is -2.14. The first-order chi connectivity index (χ1) is 7.88. The average molecular weight is 305 g/mol. The van der Waals surface area contributed by atoms with Crippen LogP contribution in [0.4, 0.5) is 4.39 Å². The zero-order valence-corrected chi connectivity index (χ0v) is 11.5. The Balaban J connectivity index is 3.25. The number of carboxylic acid groups (broad SMARTS) is 1. The van der Waals surface area contributed by atoms with Crippen LogP contribution in [0.25, 0.3) is 0 Å². The highest BCUT2D eigenvalue weighted by atomic mass is 79.9. The van der Waals surface area contributed by atoms with Gasteiger partial charge in [-0.15, -0.1) is 0 Å². The van der Waals surface area contributed by atoms with Crippen molar-refractivity contribution in [3.05, 3.63) is 27.5 Å². The maximum atomic E-state index is 13.9. The smallest absolute Gasteiger partial charge is 0.306 e. The maximum Gasteiger partial charge on any atom is 0.306 e. The summed E-state index contributed by atoms with van der Waals surface area (Å²) in [6.07, 6.45) is 0.102. The fourth-order valence-electron chi connectivity index (χ4n) is 1.66. The third kappa shape index (κ3) is 2.97. The molecule has 0 bridgehead atoms. The largest absolute Gasteiger partial charge is 0.496 e. The fourth-order valence-corrected chi connectivity index (χ4v) is 2.24. The molecule has 0 spiro atoms. The van der Waals surface area contributed by atoms with Gasteiger partial charge in [-0.05, 0) is 40.9 Å². The normalized spacial score (nSPS) is 12.3. The monoisotopic (exact) mass is 304 g/mol. The number of aliphatic carboxylic acids is 1. The van der Waals surface area contributed by atoms with Gasteiger partial charge >= 0.3 is 5.97 Å². The standard InChI is InChI=1S/C12H14BrFO3/c1-6-5-9(13)10(14)8(11(6)17-3)4-7(2)12(15)16/h5,7H,4H2,1-3H3,(H,15,16). The molecule has 1 atom stereocenters. The molecular weight excluding hydrogens is 291 g/mol. The van der Waals surface area contributed by atoms with E-state index in [2.05, 4.69) is 15.9 Å². The van der Waals surface area contributed by atoms with E-state index in [4.69, 9.17) is 9.84 Å². The SMILES string of the molecule is COc1c(C)cc(Br)c(F)c1CC(C)C(=O)O. The van der Waals surface area contributed by atoms with Gasteiger partial charge < -0.3 is 9.84 Å². The van der Waals surface area contributed by atoms with E-state index < -0.39 is 17.7 Å². The average Bonchev–Trinajstić information content (AvgIpc) is 2.25. The van der Waals surface area contributed by atoms with Gasteiger partial charge in [0.2, 0.25) is 0 Å². The number of hydrogen-bond donors (Lipinski definition) is 1. The fraction of sp³-hybridized carbons (Fsp3) is 0.417. The molecule has 1 aromatic carbocycles. The number of hydrogen-bond acceptors (Lipinski definition) is 2. The molecule has 1 rings (SSSR count). The van der Waals surface area contributed by atoms with Crippen LogP contribution in [-0.4, -0.2) is 18.2 Å². The van der Waals surface area contributed by atoms with Gasteiger partial charge in [0.05, 0.1) is 17.5 Å². The number of ether oxygens (including phenoxy) is 1. The zero-order chi connectivity index (χ0) is 13.2. The number of rotatable bonds is 4. The van der Waals surface area contributed by atoms with Crippen LogP contribution in [0.15, 0.2) is 10.5 Å². The second kappa shape index (κ2) is 5.49. The summed E-state index contributed by atoms with van der Waals surface area (Å²) in [5.74, 6) is -1.66. The highest BCUT2D eigenvalue weighted by molar-refractivity contribution is 9.10. The molecule has 5 heteroatoms. The van der Waals surface area contributed by atoms with Crippen LogP contribution in [0.5, 0.6) is 5.75 Å². The quantitative estimate of drug-likeness (QED) is 0.929. The zero-order valence-electron chi connectivity index (χ0n) is 9.88. The Labute approximate surface area is 108 Å². The van der Waals surface area contributed by atoms with Crippen molar-refractivity contribution in [2.75, 3.05) is 7.11 Å². The van der Waals surface area contributed by atoms with Crippen molar-refractivity contribution in [3.8, 4) is 5.75 Å². The van der Waals surface area contributed by atoms with E-state index >= 15 is 0 Å². The van der Waals surface area contributed by atoms with Gasteiger partial charge in [0, 0.05) is 5.56 Å². The minimum absolute atomic E-state index is 0.102. The Morgan fingerprint density at radius 3 is 2.71 bits per heavy atom. The van der Waals surface area contributed by atoms with E-state index in [1.165, 1.54) is 14.0 Å². The molecule has 0 radical (unpaired) electrons. The van der Waals surface area contributed by atoms with Crippen LogP contribution >= 0.6 is 15.9 Å². The first kappa shape index (κ1) is 14.0. The van der Waals surface area contributed by atoms with Gasteiger partial charge in [-0.25, -0.2) is 4.39 Å². The van der Waals surface area contributed by atoms with Crippen LogP contribution in [0.3, 0.4) is 0 Å². The van der Waals surface area contributed by atoms with E-state index in [0.29, 0.717) is 15.8 Å².